The van der Waals surface area contributed by atoms with Crippen LogP contribution >= 0.6 is 35.0 Å². The maximum atomic E-state index is 13.3. The molecule has 0 saturated heterocycles. The molecule has 0 aromatic heterocycles. The molecule has 0 radical (unpaired) electrons. The molecule has 2 amide bonds. The molecule has 0 aliphatic rings. The largest absolute Gasteiger partial charge is 0.352 e. The smallest absolute Gasteiger partial charge is 0.243 e. The molecule has 2 atom stereocenters. The molecule has 1 N–H and O–H groups in total. The number of hydrogen-bond acceptors (Lipinski definition) is 3. The third-order valence-electron chi connectivity index (χ3n) is 5.13. The molecule has 0 aliphatic carbocycles. The molecule has 0 spiro atoms. The highest BCUT2D eigenvalue weighted by Crippen LogP contribution is 2.25. The fourth-order valence-corrected chi connectivity index (χ4v) is 4.31. The number of aryl methyl sites for hydroxylation is 1. The van der Waals surface area contributed by atoms with Gasteiger partial charge in [0.1, 0.15) is 6.04 Å². The lowest BCUT2D eigenvalue weighted by atomic mass is 10.1. The lowest BCUT2D eigenvalue weighted by molar-refractivity contribution is -0.139. The number of nitrogens with zero attached hydrogens (tertiary/aromatic N) is 1. The fourth-order valence-electron chi connectivity index (χ4n) is 3.06. The Morgan fingerprint density at radius 1 is 1.06 bits per heavy atom. The zero-order valence-corrected chi connectivity index (χ0v) is 20.8. The van der Waals surface area contributed by atoms with Crippen LogP contribution in [0.3, 0.4) is 0 Å². The molecule has 0 saturated carbocycles. The third kappa shape index (κ3) is 7.74. The van der Waals surface area contributed by atoms with E-state index >= 15 is 0 Å². The number of halogens is 2. The number of carbonyl (C=O) groups is 2. The SMILES string of the molecule is CC[C@@H](C)NC(=O)[C@@H](CC)N(Cc1ccc(Cl)cc1Cl)C(=O)CSc1ccc(C)cc1. The highest BCUT2D eigenvalue weighted by molar-refractivity contribution is 8.00. The van der Waals surface area contributed by atoms with Gasteiger partial charge in [-0.1, -0.05) is 60.8 Å². The molecule has 2 aromatic carbocycles. The molecular formula is C24H30Cl2N2O2S. The minimum Gasteiger partial charge on any atom is -0.352 e. The summed E-state index contributed by atoms with van der Waals surface area (Å²) in [5, 5.41) is 4.02. The first-order chi connectivity index (χ1) is 14.7. The van der Waals surface area contributed by atoms with Crippen LogP contribution in [-0.4, -0.2) is 34.6 Å². The zero-order valence-electron chi connectivity index (χ0n) is 18.5. The Hall–Kier alpha value is -1.69. The highest BCUT2D eigenvalue weighted by atomic mass is 35.5. The lowest BCUT2D eigenvalue weighted by Crippen LogP contribution is -2.51. The Bertz CT molecular complexity index is 890. The van der Waals surface area contributed by atoms with Gasteiger partial charge in [0.25, 0.3) is 0 Å². The Balaban J connectivity index is 2.24. The molecule has 7 heteroatoms. The zero-order chi connectivity index (χ0) is 23.0. The summed E-state index contributed by atoms with van der Waals surface area (Å²) in [6, 6.07) is 12.7. The summed E-state index contributed by atoms with van der Waals surface area (Å²) in [5.41, 5.74) is 1.93. The minimum atomic E-state index is -0.577. The van der Waals surface area contributed by atoms with Crippen molar-refractivity contribution in [1.29, 1.82) is 0 Å². The summed E-state index contributed by atoms with van der Waals surface area (Å²) in [7, 11) is 0. The second-order valence-corrected chi connectivity index (χ2v) is 9.49. The number of nitrogens with one attached hydrogen (secondary N) is 1. The molecule has 4 nitrogen and oxygen atoms in total. The van der Waals surface area contributed by atoms with Crippen molar-refractivity contribution in [3.8, 4) is 0 Å². The maximum absolute atomic E-state index is 13.3. The van der Waals surface area contributed by atoms with E-state index in [1.165, 1.54) is 17.3 Å². The predicted molar refractivity (Wildman–Crippen MR) is 131 cm³/mol. The van der Waals surface area contributed by atoms with E-state index in [0.717, 1.165) is 16.9 Å². The molecule has 2 aromatic rings. The van der Waals surface area contributed by atoms with Crippen LogP contribution in [0.1, 0.15) is 44.7 Å². The van der Waals surface area contributed by atoms with Gasteiger partial charge >= 0.3 is 0 Å². The number of amides is 2. The molecule has 0 bridgehead atoms. The van der Waals surface area contributed by atoms with Crippen LogP contribution < -0.4 is 5.32 Å². The molecule has 168 valence electrons. The van der Waals surface area contributed by atoms with Gasteiger partial charge in [-0.25, -0.2) is 0 Å². The van der Waals surface area contributed by atoms with Crippen molar-refractivity contribution >= 4 is 46.8 Å². The standard InChI is InChI=1S/C24H30Cl2N2O2S/c1-5-17(4)27-24(30)22(6-2)28(14-18-9-10-19(25)13-21(18)26)23(29)15-31-20-11-7-16(3)8-12-20/h7-13,17,22H,5-6,14-15H2,1-4H3,(H,27,30)/t17-,22-/m1/s1. The molecular weight excluding hydrogens is 451 g/mol. The first-order valence-corrected chi connectivity index (χ1v) is 12.2. The summed E-state index contributed by atoms with van der Waals surface area (Å²) in [5.74, 6) is -0.0140. The molecule has 0 unspecified atom stereocenters. The topological polar surface area (TPSA) is 49.4 Å². The Labute approximate surface area is 199 Å². The van der Waals surface area contributed by atoms with Gasteiger partial charge in [-0.05, 0) is 56.5 Å². The van der Waals surface area contributed by atoms with Crippen molar-refractivity contribution in [2.24, 2.45) is 0 Å². The highest BCUT2D eigenvalue weighted by Gasteiger charge is 2.29. The molecule has 0 heterocycles. The number of rotatable bonds is 10. The number of thioether (sulfide) groups is 1. The van der Waals surface area contributed by atoms with Gasteiger partial charge < -0.3 is 10.2 Å². The maximum Gasteiger partial charge on any atom is 0.243 e. The normalized spacial score (nSPS) is 12.8. The van der Waals surface area contributed by atoms with Crippen LogP contribution in [0.2, 0.25) is 10.0 Å². The summed E-state index contributed by atoms with van der Waals surface area (Å²) in [6.07, 6.45) is 1.33. The van der Waals surface area contributed by atoms with Gasteiger partial charge in [0.2, 0.25) is 11.8 Å². The summed E-state index contributed by atoms with van der Waals surface area (Å²) < 4.78 is 0. The van der Waals surface area contributed by atoms with Crippen LogP contribution in [0.25, 0.3) is 0 Å². The van der Waals surface area contributed by atoms with Gasteiger partial charge in [-0.3, -0.25) is 9.59 Å². The second kappa shape index (κ2) is 12.4. The van der Waals surface area contributed by atoms with Crippen molar-refractivity contribution in [2.75, 3.05) is 5.75 Å². The van der Waals surface area contributed by atoms with Crippen molar-refractivity contribution in [2.45, 2.75) is 64.1 Å². The van der Waals surface area contributed by atoms with Crippen LogP contribution in [0.15, 0.2) is 47.4 Å². The van der Waals surface area contributed by atoms with Crippen molar-refractivity contribution in [3.05, 3.63) is 63.6 Å². The minimum absolute atomic E-state index is 0.0413. The van der Waals surface area contributed by atoms with E-state index in [0.29, 0.717) is 16.5 Å². The van der Waals surface area contributed by atoms with Crippen LogP contribution in [0.4, 0.5) is 0 Å². The molecule has 2 rings (SSSR count). The van der Waals surface area contributed by atoms with E-state index in [1.54, 1.807) is 23.1 Å². The van der Waals surface area contributed by atoms with E-state index in [1.807, 2.05) is 52.0 Å². The van der Waals surface area contributed by atoms with E-state index < -0.39 is 6.04 Å². The average molecular weight is 481 g/mol. The van der Waals surface area contributed by atoms with Crippen molar-refractivity contribution in [3.63, 3.8) is 0 Å². The van der Waals surface area contributed by atoms with Gasteiger partial charge in [0.05, 0.1) is 5.75 Å². The molecule has 0 aliphatic heterocycles. The van der Waals surface area contributed by atoms with E-state index in [-0.39, 0.29) is 30.2 Å². The van der Waals surface area contributed by atoms with E-state index in [2.05, 4.69) is 5.32 Å². The van der Waals surface area contributed by atoms with Crippen LogP contribution in [-0.2, 0) is 16.1 Å². The Morgan fingerprint density at radius 3 is 2.32 bits per heavy atom. The monoisotopic (exact) mass is 480 g/mol. The van der Waals surface area contributed by atoms with Crippen molar-refractivity contribution in [1.82, 2.24) is 10.2 Å². The van der Waals surface area contributed by atoms with Gasteiger partial charge in [0, 0.05) is 27.5 Å². The number of hydrogen-bond donors (Lipinski definition) is 1. The van der Waals surface area contributed by atoms with Gasteiger partial charge in [0.15, 0.2) is 0 Å². The summed E-state index contributed by atoms with van der Waals surface area (Å²) >= 11 is 13.9. The molecule has 0 fully saturated rings. The summed E-state index contributed by atoms with van der Waals surface area (Å²) in [4.78, 5) is 28.9. The Kier molecular flexibility index (Phi) is 10.2. The average Bonchev–Trinajstić information content (AvgIpc) is 2.74. The van der Waals surface area contributed by atoms with Gasteiger partial charge in [-0.15, -0.1) is 11.8 Å². The second-order valence-electron chi connectivity index (χ2n) is 7.60. The van der Waals surface area contributed by atoms with Crippen molar-refractivity contribution < 1.29 is 9.59 Å². The fraction of sp³-hybridized carbons (Fsp3) is 0.417. The van der Waals surface area contributed by atoms with E-state index in [9.17, 15) is 9.59 Å². The van der Waals surface area contributed by atoms with E-state index in [4.69, 9.17) is 23.2 Å². The first-order valence-electron chi connectivity index (χ1n) is 10.5. The molecule has 31 heavy (non-hydrogen) atoms. The Morgan fingerprint density at radius 2 is 1.74 bits per heavy atom. The first kappa shape index (κ1) is 25.6. The number of carbonyl (C=O) groups excluding carboxylic acids is 2. The lowest BCUT2D eigenvalue weighted by Gasteiger charge is -2.31. The predicted octanol–water partition coefficient (Wildman–Crippen LogP) is 6.12. The number of benzene rings is 2. The quantitative estimate of drug-likeness (QED) is 0.416. The summed E-state index contributed by atoms with van der Waals surface area (Å²) in [6.45, 7) is 8.16. The van der Waals surface area contributed by atoms with Gasteiger partial charge in [-0.2, -0.15) is 0 Å². The van der Waals surface area contributed by atoms with Crippen LogP contribution in [0.5, 0.6) is 0 Å². The van der Waals surface area contributed by atoms with Crippen LogP contribution in [0, 0.1) is 6.92 Å². The third-order valence-corrected chi connectivity index (χ3v) is 6.71.